The van der Waals surface area contributed by atoms with Crippen molar-refractivity contribution in [2.24, 2.45) is 0 Å². The van der Waals surface area contributed by atoms with E-state index in [2.05, 4.69) is 9.47 Å². The van der Waals surface area contributed by atoms with Crippen LogP contribution < -0.4 is 9.47 Å². The Morgan fingerprint density at radius 2 is 2.17 bits per heavy atom. The van der Waals surface area contributed by atoms with Gasteiger partial charge in [-0.25, -0.2) is 0 Å². The Morgan fingerprint density at radius 3 is 2.83 bits per heavy atom. The zero-order valence-corrected chi connectivity index (χ0v) is 5.80. The molecule has 0 saturated carbocycles. The number of aldehydes is 1. The van der Waals surface area contributed by atoms with Gasteiger partial charge in [0.1, 0.15) is 6.29 Å². The van der Waals surface area contributed by atoms with Gasteiger partial charge in [-0.15, -0.1) is 0 Å². The predicted molar refractivity (Wildman–Crippen MR) is 44.9 cm³/mol. The van der Waals surface area contributed by atoms with Crippen molar-refractivity contribution < 1.29 is 26.6 Å². The molecule has 0 radical (unpaired) electrons. The number of ether oxygens (including phenoxy) is 2. The summed E-state index contributed by atoms with van der Waals surface area (Å²) >= 11 is 0. The third kappa shape index (κ3) is 1.56. The van der Waals surface area contributed by atoms with Crippen LogP contribution >= 0.6 is 0 Å². The van der Waals surface area contributed by atoms with Gasteiger partial charge in [0.05, 0.1) is 26.4 Å². The lowest BCUT2D eigenvalue weighted by atomic mass is 10.2. The van der Waals surface area contributed by atoms with Crippen LogP contribution in [0.4, 0.5) is 0 Å². The maximum absolute atomic E-state index is 10.8. The van der Waals surface area contributed by atoms with Crippen molar-refractivity contribution in [3.8, 4) is 11.5 Å². The second kappa shape index (κ2) is 3.76. The molecule has 0 heterocycles. The van der Waals surface area contributed by atoms with Crippen LogP contribution in [0.3, 0.4) is 0 Å². The summed E-state index contributed by atoms with van der Waals surface area (Å²) in [6, 6.07) is -2.45. The molecular weight excluding hydrogens is 156 g/mol. The molecule has 0 fully saturated rings. The van der Waals surface area contributed by atoms with E-state index in [0.717, 1.165) is 0 Å². The highest BCUT2D eigenvalue weighted by molar-refractivity contribution is 5.76. The summed E-state index contributed by atoms with van der Waals surface area (Å²) in [5.74, 6) is -1.79. The van der Waals surface area contributed by atoms with Gasteiger partial charge in [-0.1, -0.05) is 0 Å². The number of methoxy groups -OCH3 is 2. The Morgan fingerprint density at radius 1 is 1.42 bits per heavy atom. The van der Waals surface area contributed by atoms with Crippen molar-refractivity contribution in [1.29, 1.82) is 0 Å². The number of hydrogen-bond donors (Lipinski definition) is 0. The molecule has 0 aliphatic carbocycles. The van der Waals surface area contributed by atoms with Crippen molar-refractivity contribution in [3.63, 3.8) is 0 Å². The summed E-state index contributed by atoms with van der Waals surface area (Å²) in [6.07, 6.45) is 0.0776. The minimum atomic E-state index is -3.06. The summed E-state index contributed by atoms with van der Waals surface area (Å²) in [5, 5.41) is 0. The van der Waals surface area contributed by atoms with Gasteiger partial charge < -0.3 is 9.47 Å². The van der Waals surface area contributed by atoms with E-state index < -0.39 is 49.3 Å². The van der Waals surface area contributed by atoms with E-state index in [1.807, 2.05) is 0 Å². The lowest BCUT2D eigenvalue weighted by Crippen LogP contribution is -1.91. The van der Waals surface area contributed by atoms with Gasteiger partial charge in [0.2, 0.25) is 0 Å². The fraction of sp³-hybridized carbons (Fsp3) is 0.222. The highest BCUT2D eigenvalue weighted by Crippen LogP contribution is 2.26. The van der Waals surface area contributed by atoms with E-state index in [4.69, 9.17) is 12.3 Å². The lowest BCUT2D eigenvalue weighted by molar-refractivity contribution is 0.112. The van der Waals surface area contributed by atoms with Crippen LogP contribution in [0.1, 0.15) is 22.7 Å². The second-order valence-electron chi connectivity index (χ2n) is 1.77. The maximum Gasteiger partial charge on any atom is 0.161 e. The SMILES string of the molecule is [2H]c1c([2H])c(OC([2H])([2H])[2H])c(OC([2H])([2H])[2H])c([2H])c1C=O. The minimum Gasteiger partial charge on any atom is -0.493 e. The van der Waals surface area contributed by atoms with Crippen molar-refractivity contribution in [2.75, 3.05) is 14.1 Å². The lowest BCUT2D eigenvalue weighted by Gasteiger charge is -2.06. The first-order chi connectivity index (χ1) is 9.37. The molecule has 0 N–H and O–H groups in total. The third-order valence-corrected chi connectivity index (χ3v) is 1.09. The third-order valence-electron chi connectivity index (χ3n) is 1.09. The van der Waals surface area contributed by atoms with E-state index >= 15 is 0 Å². The van der Waals surface area contributed by atoms with E-state index in [1.165, 1.54) is 0 Å². The van der Waals surface area contributed by atoms with Crippen molar-refractivity contribution in [3.05, 3.63) is 23.7 Å². The topological polar surface area (TPSA) is 35.5 Å². The van der Waals surface area contributed by atoms with Gasteiger partial charge in [0, 0.05) is 5.56 Å². The molecule has 3 heteroatoms. The number of benzene rings is 1. The van der Waals surface area contributed by atoms with Gasteiger partial charge in [-0.2, -0.15) is 0 Å². The van der Waals surface area contributed by atoms with Crippen LogP contribution in [0.15, 0.2) is 18.1 Å². The van der Waals surface area contributed by atoms with E-state index in [0.29, 0.717) is 0 Å². The molecule has 1 aromatic rings. The van der Waals surface area contributed by atoms with Gasteiger partial charge in [0.25, 0.3) is 0 Å². The van der Waals surface area contributed by atoms with Gasteiger partial charge >= 0.3 is 0 Å². The zero-order chi connectivity index (χ0) is 16.6. The van der Waals surface area contributed by atoms with Crippen LogP contribution in [0.2, 0.25) is 0 Å². The predicted octanol–water partition coefficient (Wildman–Crippen LogP) is 1.52. The second-order valence-corrected chi connectivity index (χ2v) is 1.77. The molecule has 3 nitrogen and oxygen atoms in total. The summed E-state index contributed by atoms with van der Waals surface area (Å²) in [5.41, 5.74) is -0.600. The molecule has 12 heavy (non-hydrogen) atoms. The number of carbonyl (C=O) groups excluding carboxylic acids is 1. The molecule has 0 atom stereocenters. The molecule has 0 bridgehead atoms. The van der Waals surface area contributed by atoms with Crippen molar-refractivity contribution >= 4 is 6.29 Å². The first-order valence-corrected chi connectivity index (χ1v) is 2.84. The maximum atomic E-state index is 10.8. The smallest absolute Gasteiger partial charge is 0.161 e. The average Bonchev–Trinajstić information content (AvgIpc) is 2.29. The van der Waals surface area contributed by atoms with Crippen molar-refractivity contribution in [2.45, 2.75) is 0 Å². The molecule has 0 saturated heterocycles. The van der Waals surface area contributed by atoms with E-state index in [-0.39, 0.29) is 6.29 Å². The van der Waals surface area contributed by atoms with E-state index in [9.17, 15) is 4.79 Å². The first-order valence-electron chi connectivity index (χ1n) is 7.34. The molecule has 1 aromatic carbocycles. The largest absolute Gasteiger partial charge is 0.493 e. The number of hydrogen-bond acceptors (Lipinski definition) is 3. The molecule has 0 unspecified atom stereocenters. The van der Waals surface area contributed by atoms with Crippen LogP contribution in [-0.2, 0) is 0 Å². The quantitative estimate of drug-likeness (QED) is 0.653. The fourth-order valence-corrected chi connectivity index (χ4v) is 0.594. The fourth-order valence-electron chi connectivity index (χ4n) is 0.594. The number of carbonyl (C=O) groups is 1. The highest BCUT2D eigenvalue weighted by atomic mass is 16.5. The summed E-state index contributed by atoms with van der Waals surface area (Å²) in [7, 11) is -6.11. The van der Waals surface area contributed by atoms with Crippen LogP contribution in [0, 0.1) is 0 Å². The highest BCUT2D eigenvalue weighted by Gasteiger charge is 2.02. The Kier molecular flexibility index (Phi) is 0.779. The Hall–Kier alpha value is -1.51. The number of rotatable bonds is 3. The zero-order valence-electron chi connectivity index (χ0n) is 14.8. The average molecular weight is 175 g/mol. The van der Waals surface area contributed by atoms with Crippen LogP contribution in [0.5, 0.6) is 11.5 Å². The van der Waals surface area contributed by atoms with Crippen molar-refractivity contribution in [1.82, 2.24) is 0 Å². The molecule has 0 aliphatic heterocycles. The first kappa shape index (κ1) is 2.49. The molecule has 0 aliphatic rings. The van der Waals surface area contributed by atoms with Crippen LogP contribution in [-0.4, -0.2) is 20.4 Å². The summed E-state index contributed by atoms with van der Waals surface area (Å²) in [4.78, 5) is 10.8. The van der Waals surface area contributed by atoms with Gasteiger partial charge in [0.15, 0.2) is 11.5 Å². The van der Waals surface area contributed by atoms with Gasteiger partial charge in [-0.3, -0.25) is 4.79 Å². The van der Waals surface area contributed by atoms with Gasteiger partial charge in [-0.05, 0) is 18.1 Å². The normalized spacial score (nSPS) is 22.2. The standard InChI is InChI=1S/C9H10O3/c1-11-8-4-3-7(6-10)5-9(8)12-2/h3-6H,1-2H3/i1D3,2D3,3D,4D,5D. The summed E-state index contributed by atoms with van der Waals surface area (Å²) < 4.78 is 73.5. The monoisotopic (exact) mass is 175 g/mol. The Balaban J connectivity index is 3.62. The molecular formula is C9H10O3. The van der Waals surface area contributed by atoms with Crippen LogP contribution in [0.25, 0.3) is 0 Å². The molecule has 0 aromatic heterocycles. The minimum absolute atomic E-state index is 0.0776. The summed E-state index contributed by atoms with van der Waals surface area (Å²) in [6.45, 7) is 0. The molecule has 1 rings (SSSR count). The Labute approximate surface area is 83.6 Å². The molecule has 0 amide bonds. The van der Waals surface area contributed by atoms with E-state index in [1.54, 1.807) is 0 Å². The Bertz CT molecular complexity index is 561. The molecule has 64 valence electrons. The molecule has 0 spiro atoms.